The van der Waals surface area contributed by atoms with Gasteiger partial charge in [-0.05, 0) is 17.7 Å². The van der Waals surface area contributed by atoms with Crippen LogP contribution in [0.2, 0.25) is 5.22 Å². The molecule has 0 saturated carbocycles. The van der Waals surface area contributed by atoms with E-state index in [1.807, 2.05) is 30.3 Å². The maximum absolute atomic E-state index is 11.8. The molecule has 112 valence electrons. The molecule has 0 bridgehead atoms. The number of halogens is 1. The van der Waals surface area contributed by atoms with Crippen LogP contribution in [0.4, 0.5) is 0 Å². The zero-order valence-corrected chi connectivity index (χ0v) is 12.8. The quantitative estimate of drug-likeness (QED) is 0.796. The van der Waals surface area contributed by atoms with Crippen molar-refractivity contribution in [3.05, 3.63) is 59.8 Å². The Bertz CT molecular complexity index is 921. The Morgan fingerprint density at radius 2 is 1.64 bits per heavy atom. The van der Waals surface area contributed by atoms with Crippen molar-refractivity contribution < 1.29 is 12.9 Å². The molecule has 22 heavy (non-hydrogen) atoms. The smallest absolute Gasteiger partial charge is 0.238 e. The lowest BCUT2D eigenvalue weighted by atomic mass is 10.0. The molecule has 0 amide bonds. The standard InChI is InChI=1S/C15H11ClN2O3S/c16-15-13(11-8-4-5-9-12(11)22(17,19)20)14(18-21-15)10-6-2-1-3-7-10/h1-9H,(H2,17,19,20). The number of rotatable bonds is 3. The Balaban J connectivity index is 2.30. The molecule has 1 heterocycles. The number of nitrogens with two attached hydrogens (primary N) is 1. The molecular weight excluding hydrogens is 324 g/mol. The summed E-state index contributed by atoms with van der Waals surface area (Å²) in [5.74, 6) is 0. The van der Waals surface area contributed by atoms with Crippen molar-refractivity contribution in [3.8, 4) is 22.4 Å². The van der Waals surface area contributed by atoms with E-state index in [0.29, 0.717) is 16.8 Å². The highest BCUT2D eigenvalue weighted by Crippen LogP contribution is 2.39. The number of nitrogens with zero attached hydrogens (tertiary/aromatic N) is 1. The molecule has 0 atom stereocenters. The molecule has 2 N–H and O–H groups in total. The summed E-state index contributed by atoms with van der Waals surface area (Å²) >= 11 is 6.09. The topological polar surface area (TPSA) is 86.2 Å². The summed E-state index contributed by atoms with van der Waals surface area (Å²) in [6.07, 6.45) is 0. The van der Waals surface area contributed by atoms with E-state index in [0.717, 1.165) is 5.56 Å². The third-order valence-corrected chi connectivity index (χ3v) is 4.39. The monoisotopic (exact) mass is 334 g/mol. The van der Waals surface area contributed by atoms with Crippen LogP contribution in [-0.2, 0) is 10.0 Å². The minimum absolute atomic E-state index is 0.00922. The second kappa shape index (κ2) is 5.57. The zero-order valence-electron chi connectivity index (χ0n) is 11.2. The maximum Gasteiger partial charge on any atom is 0.238 e. The summed E-state index contributed by atoms with van der Waals surface area (Å²) in [6.45, 7) is 0. The van der Waals surface area contributed by atoms with Crippen LogP contribution in [0.3, 0.4) is 0 Å². The fourth-order valence-electron chi connectivity index (χ4n) is 2.22. The molecule has 0 aliphatic rings. The lowest BCUT2D eigenvalue weighted by Gasteiger charge is -2.07. The summed E-state index contributed by atoms with van der Waals surface area (Å²) in [5, 5.41) is 9.23. The van der Waals surface area contributed by atoms with Gasteiger partial charge in [0.2, 0.25) is 15.2 Å². The van der Waals surface area contributed by atoms with Crippen LogP contribution in [0.15, 0.2) is 64.0 Å². The second-order valence-electron chi connectivity index (χ2n) is 4.59. The van der Waals surface area contributed by atoms with Crippen LogP contribution in [0, 0.1) is 0 Å². The second-order valence-corrected chi connectivity index (χ2v) is 6.46. The maximum atomic E-state index is 11.8. The molecule has 0 saturated heterocycles. The highest BCUT2D eigenvalue weighted by molar-refractivity contribution is 7.89. The molecule has 0 aliphatic heterocycles. The molecular formula is C15H11ClN2O3S. The minimum atomic E-state index is -3.90. The van der Waals surface area contributed by atoms with Crippen LogP contribution < -0.4 is 5.14 Å². The van der Waals surface area contributed by atoms with E-state index in [2.05, 4.69) is 5.16 Å². The molecule has 3 aromatic rings. The van der Waals surface area contributed by atoms with Crippen molar-refractivity contribution in [2.45, 2.75) is 4.90 Å². The summed E-state index contributed by atoms with van der Waals surface area (Å²) in [7, 11) is -3.90. The van der Waals surface area contributed by atoms with Gasteiger partial charge in [-0.3, -0.25) is 0 Å². The van der Waals surface area contributed by atoms with Gasteiger partial charge < -0.3 is 4.52 Å². The van der Waals surface area contributed by atoms with E-state index < -0.39 is 10.0 Å². The lowest BCUT2D eigenvalue weighted by molar-refractivity contribution is 0.424. The predicted molar refractivity (Wildman–Crippen MR) is 83.8 cm³/mol. The molecule has 0 aliphatic carbocycles. The first-order valence-corrected chi connectivity index (χ1v) is 8.23. The minimum Gasteiger partial charge on any atom is -0.343 e. The van der Waals surface area contributed by atoms with Gasteiger partial charge in [-0.25, -0.2) is 13.6 Å². The normalized spacial score (nSPS) is 11.5. The van der Waals surface area contributed by atoms with Gasteiger partial charge in [0, 0.05) is 11.1 Å². The van der Waals surface area contributed by atoms with Gasteiger partial charge in [-0.15, -0.1) is 0 Å². The first kappa shape index (κ1) is 14.8. The van der Waals surface area contributed by atoms with Crippen LogP contribution in [-0.4, -0.2) is 13.6 Å². The van der Waals surface area contributed by atoms with E-state index >= 15 is 0 Å². The van der Waals surface area contributed by atoms with Crippen molar-refractivity contribution in [2.75, 3.05) is 0 Å². The van der Waals surface area contributed by atoms with Crippen LogP contribution in [0.1, 0.15) is 0 Å². The first-order valence-electron chi connectivity index (χ1n) is 6.31. The SMILES string of the molecule is NS(=O)(=O)c1ccccc1-c1c(-c2ccccc2)noc1Cl. The Kier molecular flexibility index (Phi) is 3.74. The highest BCUT2D eigenvalue weighted by Gasteiger charge is 2.23. The Morgan fingerprint density at radius 1 is 1.00 bits per heavy atom. The van der Waals surface area contributed by atoms with Gasteiger partial charge in [0.05, 0.1) is 10.5 Å². The molecule has 0 unspecified atom stereocenters. The van der Waals surface area contributed by atoms with Crippen LogP contribution in [0.25, 0.3) is 22.4 Å². The molecule has 0 radical (unpaired) electrons. The summed E-state index contributed by atoms with van der Waals surface area (Å²) in [6, 6.07) is 15.5. The van der Waals surface area contributed by atoms with Gasteiger partial charge in [0.1, 0.15) is 5.69 Å². The van der Waals surface area contributed by atoms with Gasteiger partial charge in [-0.2, -0.15) is 0 Å². The number of aromatic nitrogens is 1. The summed E-state index contributed by atoms with van der Waals surface area (Å²) in [4.78, 5) is -0.0303. The zero-order chi connectivity index (χ0) is 15.7. The van der Waals surface area contributed by atoms with Gasteiger partial charge in [-0.1, -0.05) is 53.7 Å². The van der Waals surface area contributed by atoms with E-state index in [4.69, 9.17) is 21.3 Å². The Morgan fingerprint density at radius 3 is 2.32 bits per heavy atom. The molecule has 7 heteroatoms. The molecule has 1 aromatic heterocycles. The van der Waals surface area contributed by atoms with Crippen LogP contribution in [0.5, 0.6) is 0 Å². The first-order chi connectivity index (χ1) is 10.5. The highest BCUT2D eigenvalue weighted by atomic mass is 35.5. The number of sulfonamides is 1. The van der Waals surface area contributed by atoms with E-state index in [1.165, 1.54) is 6.07 Å². The molecule has 3 rings (SSSR count). The van der Waals surface area contributed by atoms with Gasteiger partial charge in [0.15, 0.2) is 0 Å². The molecule has 0 fully saturated rings. The van der Waals surface area contributed by atoms with Crippen molar-refractivity contribution >= 4 is 21.6 Å². The molecule has 2 aromatic carbocycles. The number of hydrogen-bond acceptors (Lipinski definition) is 4. The number of benzene rings is 2. The van der Waals surface area contributed by atoms with Crippen molar-refractivity contribution in [1.29, 1.82) is 0 Å². The lowest BCUT2D eigenvalue weighted by Crippen LogP contribution is -2.13. The van der Waals surface area contributed by atoms with Crippen molar-refractivity contribution in [1.82, 2.24) is 5.16 Å². The fraction of sp³-hybridized carbons (Fsp3) is 0. The molecule has 0 spiro atoms. The Labute approximate surface area is 132 Å². The summed E-state index contributed by atoms with van der Waals surface area (Å²) in [5.41, 5.74) is 1.98. The summed E-state index contributed by atoms with van der Waals surface area (Å²) < 4.78 is 28.6. The number of primary sulfonamides is 1. The van der Waals surface area contributed by atoms with E-state index in [-0.39, 0.29) is 10.1 Å². The average molecular weight is 335 g/mol. The van der Waals surface area contributed by atoms with E-state index in [9.17, 15) is 8.42 Å². The fourth-order valence-corrected chi connectivity index (χ4v) is 3.19. The number of hydrogen-bond donors (Lipinski definition) is 1. The van der Waals surface area contributed by atoms with Crippen LogP contribution >= 0.6 is 11.6 Å². The van der Waals surface area contributed by atoms with Gasteiger partial charge >= 0.3 is 0 Å². The van der Waals surface area contributed by atoms with Crippen molar-refractivity contribution in [2.24, 2.45) is 5.14 Å². The molecule has 5 nitrogen and oxygen atoms in total. The average Bonchev–Trinajstić information content (AvgIpc) is 2.89. The predicted octanol–water partition coefficient (Wildman–Crippen LogP) is 3.31. The van der Waals surface area contributed by atoms with Gasteiger partial charge in [0.25, 0.3) is 0 Å². The van der Waals surface area contributed by atoms with Crippen molar-refractivity contribution in [3.63, 3.8) is 0 Å². The largest absolute Gasteiger partial charge is 0.343 e. The van der Waals surface area contributed by atoms with E-state index in [1.54, 1.807) is 18.2 Å². The Hall–Kier alpha value is -2.15. The third-order valence-electron chi connectivity index (χ3n) is 3.16. The third kappa shape index (κ3) is 2.64.